The second-order valence-electron chi connectivity index (χ2n) is 6.15. The smallest absolute Gasteiger partial charge is 0.0218 e. The lowest BCUT2D eigenvalue weighted by Crippen LogP contribution is -2.40. The van der Waals surface area contributed by atoms with Crippen LogP contribution in [-0.2, 0) is 0 Å². The fraction of sp³-hybridized carbons (Fsp3) is 1.00. The molecule has 3 nitrogen and oxygen atoms in total. The summed E-state index contributed by atoms with van der Waals surface area (Å²) in [5.74, 6) is 0. The molecule has 0 amide bonds. The lowest BCUT2D eigenvalue weighted by atomic mass is 10.1. The van der Waals surface area contributed by atoms with Gasteiger partial charge in [0.05, 0.1) is 0 Å². The Morgan fingerprint density at radius 3 is 2.61 bits per heavy atom. The molecule has 2 rings (SSSR count). The third kappa shape index (κ3) is 4.22. The summed E-state index contributed by atoms with van der Waals surface area (Å²) in [5, 5.41) is 3.83. The molecule has 0 saturated carbocycles. The normalized spacial score (nSPS) is 31.7. The second kappa shape index (κ2) is 7.46. The number of hydrogen-bond donors (Lipinski definition) is 1. The zero-order valence-corrected chi connectivity index (χ0v) is 12.3. The van der Waals surface area contributed by atoms with Crippen LogP contribution >= 0.6 is 0 Å². The molecule has 0 aromatic carbocycles. The van der Waals surface area contributed by atoms with Crippen LogP contribution in [0.5, 0.6) is 0 Å². The Morgan fingerprint density at radius 1 is 1.06 bits per heavy atom. The van der Waals surface area contributed by atoms with Gasteiger partial charge in [-0.15, -0.1) is 0 Å². The summed E-state index contributed by atoms with van der Waals surface area (Å²) in [6, 6.07) is 1.56. The van der Waals surface area contributed by atoms with E-state index in [9.17, 15) is 0 Å². The molecule has 2 aliphatic rings. The maximum atomic E-state index is 3.83. The van der Waals surface area contributed by atoms with Crippen LogP contribution in [0, 0.1) is 0 Å². The third-order valence-electron chi connectivity index (χ3n) is 4.67. The van der Waals surface area contributed by atoms with Crippen LogP contribution < -0.4 is 5.32 Å². The van der Waals surface area contributed by atoms with Crippen LogP contribution in [0.15, 0.2) is 0 Å². The molecule has 2 heterocycles. The van der Waals surface area contributed by atoms with Gasteiger partial charge >= 0.3 is 0 Å². The van der Waals surface area contributed by atoms with Crippen molar-refractivity contribution in [2.45, 2.75) is 57.5 Å². The molecule has 2 aliphatic heterocycles. The largest absolute Gasteiger partial charge is 0.312 e. The van der Waals surface area contributed by atoms with Gasteiger partial charge in [-0.05, 0) is 71.8 Å². The maximum absolute atomic E-state index is 3.83. The molecule has 106 valence electrons. The molecule has 0 radical (unpaired) electrons. The summed E-state index contributed by atoms with van der Waals surface area (Å²) < 4.78 is 0. The zero-order valence-electron chi connectivity index (χ0n) is 12.3. The Balaban J connectivity index is 1.67. The molecule has 2 unspecified atom stereocenters. The van der Waals surface area contributed by atoms with Crippen molar-refractivity contribution in [3.05, 3.63) is 0 Å². The number of nitrogens with one attached hydrogen (secondary N) is 1. The van der Waals surface area contributed by atoms with Crippen molar-refractivity contribution in [3.8, 4) is 0 Å². The number of likely N-dealkylation sites (N-methyl/N-ethyl adjacent to an activating group) is 1. The van der Waals surface area contributed by atoms with E-state index in [1.807, 2.05) is 0 Å². The van der Waals surface area contributed by atoms with Crippen molar-refractivity contribution < 1.29 is 0 Å². The van der Waals surface area contributed by atoms with Gasteiger partial charge < -0.3 is 15.1 Å². The van der Waals surface area contributed by atoms with E-state index in [-0.39, 0.29) is 0 Å². The first-order valence-electron chi connectivity index (χ1n) is 7.95. The van der Waals surface area contributed by atoms with E-state index in [0.717, 1.165) is 12.1 Å². The molecule has 0 aromatic heterocycles. The van der Waals surface area contributed by atoms with Gasteiger partial charge in [0.15, 0.2) is 0 Å². The highest BCUT2D eigenvalue weighted by atomic mass is 15.2. The highest BCUT2D eigenvalue weighted by Crippen LogP contribution is 2.16. The lowest BCUT2D eigenvalue weighted by molar-refractivity contribution is 0.273. The van der Waals surface area contributed by atoms with Crippen LogP contribution in [0.1, 0.15) is 45.4 Å². The van der Waals surface area contributed by atoms with Crippen LogP contribution in [0.4, 0.5) is 0 Å². The molecule has 18 heavy (non-hydrogen) atoms. The van der Waals surface area contributed by atoms with Gasteiger partial charge in [0.2, 0.25) is 0 Å². The van der Waals surface area contributed by atoms with E-state index < -0.39 is 0 Å². The molecule has 0 bridgehead atoms. The molecule has 0 spiro atoms. The molecule has 3 heteroatoms. The Morgan fingerprint density at radius 2 is 1.89 bits per heavy atom. The van der Waals surface area contributed by atoms with Crippen molar-refractivity contribution in [3.63, 3.8) is 0 Å². The molecular weight excluding hydrogens is 222 g/mol. The van der Waals surface area contributed by atoms with Crippen LogP contribution in [0.2, 0.25) is 0 Å². The summed E-state index contributed by atoms with van der Waals surface area (Å²) in [6.45, 7) is 8.69. The summed E-state index contributed by atoms with van der Waals surface area (Å²) >= 11 is 0. The van der Waals surface area contributed by atoms with E-state index >= 15 is 0 Å². The standard InChI is InChI=1S/C15H31N3/c1-3-9-18-11-4-6-14(8-12-18)16-13-15-7-5-10-17(15)2/h14-16H,3-13H2,1-2H3. The van der Waals surface area contributed by atoms with Crippen molar-refractivity contribution in [1.82, 2.24) is 15.1 Å². The Kier molecular flexibility index (Phi) is 5.93. The molecule has 1 N–H and O–H groups in total. The predicted octanol–water partition coefficient (Wildman–Crippen LogP) is 1.93. The topological polar surface area (TPSA) is 18.5 Å². The first-order valence-corrected chi connectivity index (χ1v) is 7.95. The first kappa shape index (κ1) is 14.3. The van der Waals surface area contributed by atoms with Crippen molar-refractivity contribution >= 4 is 0 Å². The van der Waals surface area contributed by atoms with Crippen molar-refractivity contribution in [1.29, 1.82) is 0 Å². The third-order valence-corrected chi connectivity index (χ3v) is 4.67. The maximum Gasteiger partial charge on any atom is 0.0218 e. The van der Waals surface area contributed by atoms with Crippen molar-refractivity contribution in [2.24, 2.45) is 0 Å². The number of hydrogen-bond acceptors (Lipinski definition) is 3. The minimum absolute atomic E-state index is 0.765. The summed E-state index contributed by atoms with van der Waals surface area (Å²) in [5.41, 5.74) is 0. The van der Waals surface area contributed by atoms with Gasteiger partial charge in [-0.1, -0.05) is 6.92 Å². The number of nitrogens with zero attached hydrogens (tertiary/aromatic N) is 2. The fourth-order valence-electron chi connectivity index (χ4n) is 3.44. The Hall–Kier alpha value is -0.120. The van der Waals surface area contributed by atoms with Gasteiger partial charge in [-0.3, -0.25) is 0 Å². The highest BCUT2D eigenvalue weighted by Gasteiger charge is 2.22. The van der Waals surface area contributed by atoms with Gasteiger partial charge in [0.25, 0.3) is 0 Å². The second-order valence-corrected chi connectivity index (χ2v) is 6.15. The van der Waals surface area contributed by atoms with E-state index in [1.54, 1.807) is 0 Å². The van der Waals surface area contributed by atoms with E-state index in [4.69, 9.17) is 0 Å². The van der Waals surface area contributed by atoms with Gasteiger partial charge in [-0.25, -0.2) is 0 Å². The molecular formula is C15H31N3. The predicted molar refractivity (Wildman–Crippen MR) is 78.0 cm³/mol. The van der Waals surface area contributed by atoms with Crippen LogP contribution in [-0.4, -0.2) is 61.7 Å². The minimum atomic E-state index is 0.765. The molecule has 0 aliphatic carbocycles. The highest BCUT2D eigenvalue weighted by molar-refractivity contribution is 4.81. The minimum Gasteiger partial charge on any atom is -0.312 e. The number of rotatable bonds is 5. The number of likely N-dealkylation sites (tertiary alicyclic amines) is 2. The van der Waals surface area contributed by atoms with Crippen LogP contribution in [0.3, 0.4) is 0 Å². The zero-order chi connectivity index (χ0) is 12.8. The summed E-state index contributed by atoms with van der Waals surface area (Å²) in [4.78, 5) is 5.16. The fourth-order valence-corrected chi connectivity index (χ4v) is 3.44. The summed E-state index contributed by atoms with van der Waals surface area (Å²) in [7, 11) is 2.27. The Bertz CT molecular complexity index is 232. The summed E-state index contributed by atoms with van der Waals surface area (Å²) in [6.07, 6.45) is 8.16. The lowest BCUT2D eigenvalue weighted by Gasteiger charge is -2.24. The average Bonchev–Trinajstić information content (AvgIpc) is 2.63. The van der Waals surface area contributed by atoms with E-state index in [0.29, 0.717) is 0 Å². The van der Waals surface area contributed by atoms with E-state index in [2.05, 4.69) is 29.1 Å². The van der Waals surface area contributed by atoms with Crippen LogP contribution in [0.25, 0.3) is 0 Å². The molecule has 2 atom stereocenters. The quantitative estimate of drug-likeness (QED) is 0.808. The molecule has 2 saturated heterocycles. The average molecular weight is 253 g/mol. The van der Waals surface area contributed by atoms with Gasteiger partial charge in [0.1, 0.15) is 0 Å². The monoisotopic (exact) mass is 253 g/mol. The molecule has 0 aromatic rings. The first-order chi connectivity index (χ1) is 8.79. The van der Waals surface area contributed by atoms with E-state index in [1.165, 1.54) is 71.2 Å². The van der Waals surface area contributed by atoms with Gasteiger partial charge in [0, 0.05) is 18.6 Å². The SMILES string of the molecule is CCCN1CCCC(NCC2CCCN2C)CC1. The Labute approximate surface area is 113 Å². The molecule has 2 fully saturated rings. The van der Waals surface area contributed by atoms with Crippen molar-refractivity contribution in [2.75, 3.05) is 39.8 Å². The van der Waals surface area contributed by atoms with Gasteiger partial charge in [-0.2, -0.15) is 0 Å².